The molecule has 6 heteroatoms. The number of carbonyl (C=O) groups is 1. The summed E-state index contributed by atoms with van der Waals surface area (Å²) < 4.78 is 5.77. The molecule has 0 spiro atoms. The van der Waals surface area contributed by atoms with Gasteiger partial charge in [-0.15, -0.1) is 0 Å². The van der Waals surface area contributed by atoms with Crippen molar-refractivity contribution in [2.75, 3.05) is 34.3 Å². The third-order valence-corrected chi connectivity index (χ3v) is 4.22. The summed E-state index contributed by atoms with van der Waals surface area (Å²) >= 11 is 0. The molecule has 0 radical (unpaired) electrons. The number of hydrogen-bond donors (Lipinski definition) is 2. The molecule has 1 heterocycles. The van der Waals surface area contributed by atoms with Crippen LogP contribution in [-0.2, 0) is 11.3 Å². The highest BCUT2D eigenvalue weighted by molar-refractivity contribution is 5.93. The minimum absolute atomic E-state index is 0.0109. The monoisotopic (exact) mass is 332 g/mol. The van der Waals surface area contributed by atoms with E-state index in [4.69, 9.17) is 4.74 Å². The van der Waals surface area contributed by atoms with Gasteiger partial charge in [0.15, 0.2) is 5.96 Å². The van der Waals surface area contributed by atoms with Crippen molar-refractivity contribution in [2.45, 2.75) is 31.9 Å². The van der Waals surface area contributed by atoms with Crippen LogP contribution in [0.5, 0.6) is 0 Å². The van der Waals surface area contributed by atoms with Crippen molar-refractivity contribution in [1.82, 2.24) is 15.5 Å². The molecule has 0 bridgehead atoms. The normalized spacial score (nSPS) is 20.8. The fraction of sp³-hybridized carbons (Fsp3) is 0.556. The van der Waals surface area contributed by atoms with Crippen LogP contribution in [0.2, 0.25) is 0 Å². The standard InChI is InChI=1S/C18H28N4O2/c1-18(10-5-11-24-18)13-21-17(19-2)20-12-14-6-8-15(9-7-14)16(23)22(3)4/h6-9H,5,10-13H2,1-4H3,(H2,19,20,21). The summed E-state index contributed by atoms with van der Waals surface area (Å²) in [6.45, 7) is 4.35. The Hall–Kier alpha value is -2.08. The largest absolute Gasteiger partial charge is 0.373 e. The molecule has 1 aromatic carbocycles. The van der Waals surface area contributed by atoms with Gasteiger partial charge in [0.1, 0.15) is 0 Å². The van der Waals surface area contributed by atoms with Gasteiger partial charge >= 0.3 is 0 Å². The van der Waals surface area contributed by atoms with E-state index in [0.717, 1.165) is 37.5 Å². The van der Waals surface area contributed by atoms with E-state index >= 15 is 0 Å². The summed E-state index contributed by atoms with van der Waals surface area (Å²) in [5, 5.41) is 6.61. The molecule has 1 saturated heterocycles. The fourth-order valence-corrected chi connectivity index (χ4v) is 2.68. The third kappa shape index (κ3) is 4.96. The highest BCUT2D eigenvalue weighted by Crippen LogP contribution is 2.23. The summed E-state index contributed by atoms with van der Waals surface area (Å²) in [5.41, 5.74) is 1.68. The van der Waals surface area contributed by atoms with Crippen molar-refractivity contribution in [3.63, 3.8) is 0 Å². The maximum Gasteiger partial charge on any atom is 0.253 e. The van der Waals surface area contributed by atoms with Gasteiger partial charge in [0, 0.05) is 46.4 Å². The van der Waals surface area contributed by atoms with Crippen LogP contribution in [0, 0.1) is 0 Å². The van der Waals surface area contributed by atoms with Crippen molar-refractivity contribution < 1.29 is 9.53 Å². The average molecular weight is 332 g/mol. The first-order chi connectivity index (χ1) is 11.4. The second kappa shape index (κ2) is 8.15. The van der Waals surface area contributed by atoms with E-state index in [-0.39, 0.29) is 11.5 Å². The molecule has 1 unspecified atom stereocenters. The highest BCUT2D eigenvalue weighted by atomic mass is 16.5. The fourth-order valence-electron chi connectivity index (χ4n) is 2.68. The van der Waals surface area contributed by atoms with Gasteiger partial charge in [0.2, 0.25) is 0 Å². The van der Waals surface area contributed by atoms with E-state index in [1.165, 1.54) is 0 Å². The lowest BCUT2D eigenvalue weighted by molar-refractivity contribution is 0.0243. The number of benzene rings is 1. The molecule has 1 aliphatic heterocycles. The van der Waals surface area contributed by atoms with Crippen molar-refractivity contribution >= 4 is 11.9 Å². The first-order valence-corrected chi connectivity index (χ1v) is 8.32. The summed E-state index contributed by atoms with van der Waals surface area (Å²) in [6, 6.07) is 7.61. The van der Waals surface area contributed by atoms with Crippen LogP contribution in [0.15, 0.2) is 29.3 Å². The second-order valence-electron chi connectivity index (χ2n) is 6.58. The quantitative estimate of drug-likeness (QED) is 0.635. The lowest BCUT2D eigenvalue weighted by Gasteiger charge is -2.24. The minimum Gasteiger partial charge on any atom is -0.373 e. The molecular weight excluding hydrogens is 304 g/mol. The second-order valence-corrected chi connectivity index (χ2v) is 6.58. The lowest BCUT2D eigenvalue weighted by atomic mass is 10.0. The highest BCUT2D eigenvalue weighted by Gasteiger charge is 2.29. The van der Waals surface area contributed by atoms with Crippen LogP contribution >= 0.6 is 0 Å². The molecule has 24 heavy (non-hydrogen) atoms. The van der Waals surface area contributed by atoms with Crippen LogP contribution < -0.4 is 10.6 Å². The zero-order valence-electron chi connectivity index (χ0n) is 15.1. The lowest BCUT2D eigenvalue weighted by Crippen LogP contribution is -2.45. The Morgan fingerprint density at radius 3 is 2.54 bits per heavy atom. The number of guanidine groups is 1. The van der Waals surface area contributed by atoms with Crippen molar-refractivity contribution in [3.8, 4) is 0 Å². The Kier molecular flexibility index (Phi) is 6.20. The number of carbonyl (C=O) groups excluding carboxylic acids is 1. The Bertz CT molecular complexity index is 575. The van der Waals surface area contributed by atoms with Gasteiger partial charge in [-0.2, -0.15) is 0 Å². The van der Waals surface area contributed by atoms with Crippen LogP contribution in [-0.4, -0.2) is 56.7 Å². The summed E-state index contributed by atoms with van der Waals surface area (Å²) in [6.07, 6.45) is 2.18. The molecule has 1 fully saturated rings. The number of nitrogens with one attached hydrogen (secondary N) is 2. The maximum atomic E-state index is 11.9. The molecule has 0 aliphatic carbocycles. The summed E-state index contributed by atoms with van der Waals surface area (Å²) in [7, 11) is 5.26. The van der Waals surface area contributed by atoms with Gasteiger partial charge in [-0.3, -0.25) is 9.79 Å². The zero-order chi connectivity index (χ0) is 17.6. The molecule has 6 nitrogen and oxygen atoms in total. The van der Waals surface area contributed by atoms with E-state index in [2.05, 4.69) is 22.5 Å². The number of amides is 1. The smallest absolute Gasteiger partial charge is 0.253 e. The molecule has 2 N–H and O–H groups in total. The number of hydrogen-bond acceptors (Lipinski definition) is 3. The summed E-state index contributed by atoms with van der Waals surface area (Å²) in [5.74, 6) is 0.761. The number of ether oxygens (including phenoxy) is 1. The molecule has 2 rings (SSSR count). The molecule has 1 aliphatic rings. The SMILES string of the molecule is CN=C(NCc1ccc(C(=O)N(C)C)cc1)NCC1(C)CCCO1. The number of aliphatic imine (C=N–C) groups is 1. The van der Waals surface area contributed by atoms with Gasteiger partial charge in [-0.25, -0.2) is 0 Å². The molecule has 1 aromatic rings. The molecule has 1 atom stereocenters. The maximum absolute atomic E-state index is 11.9. The van der Waals surface area contributed by atoms with Crippen LogP contribution in [0.4, 0.5) is 0 Å². The van der Waals surface area contributed by atoms with E-state index in [9.17, 15) is 4.79 Å². The molecular formula is C18H28N4O2. The van der Waals surface area contributed by atoms with Gasteiger partial charge in [0.25, 0.3) is 5.91 Å². The Labute approximate surface area is 144 Å². The zero-order valence-corrected chi connectivity index (χ0v) is 15.1. The molecule has 132 valence electrons. The molecule has 0 aromatic heterocycles. The predicted molar refractivity (Wildman–Crippen MR) is 96.3 cm³/mol. The van der Waals surface area contributed by atoms with E-state index in [0.29, 0.717) is 12.1 Å². The number of nitrogens with zero attached hydrogens (tertiary/aromatic N) is 2. The Balaban J connectivity index is 1.83. The van der Waals surface area contributed by atoms with Gasteiger partial charge < -0.3 is 20.3 Å². The van der Waals surface area contributed by atoms with Crippen molar-refractivity contribution in [2.24, 2.45) is 4.99 Å². The van der Waals surface area contributed by atoms with Crippen LogP contribution in [0.25, 0.3) is 0 Å². The van der Waals surface area contributed by atoms with Crippen molar-refractivity contribution in [3.05, 3.63) is 35.4 Å². The number of rotatable bonds is 5. The molecule has 1 amide bonds. The van der Waals surface area contributed by atoms with Gasteiger partial charge in [-0.1, -0.05) is 12.1 Å². The van der Waals surface area contributed by atoms with Crippen molar-refractivity contribution in [1.29, 1.82) is 0 Å². The topological polar surface area (TPSA) is 66.0 Å². The Morgan fingerprint density at radius 1 is 1.29 bits per heavy atom. The third-order valence-electron chi connectivity index (χ3n) is 4.22. The van der Waals surface area contributed by atoms with E-state index in [1.54, 1.807) is 26.0 Å². The van der Waals surface area contributed by atoms with E-state index < -0.39 is 0 Å². The summed E-state index contributed by atoms with van der Waals surface area (Å²) in [4.78, 5) is 17.7. The van der Waals surface area contributed by atoms with E-state index in [1.807, 2.05) is 24.3 Å². The van der Waals surface area contributed by atoms with Gasteiger partial charge in [0.05, 0.1) is 5.60 Å². The minimum atomic E-state index is -0.105. The van der Waals surface area contributed by atoms with Crippen LogP contribution in [0.3, 0.4) is 0 Å². The first kappa shape index (κ1) is 18.3. The Morgan fingerprint density at radius 2 is 2.00 bits per heavy atom. The first-order valence-electron chi connectivity index (χ1n) is 8.32. The predicted octanol–water partition coefficient (Wildman–Crippen LogP) is 1.62. The van der Waals surface area contributed by atoms with Crippen LogP contribution in [0.1, 0.15) is 35.7 Å². The van der Waals surface area contributed by atoms with Gasteiger partial charge in [-0.05, 0) is 37.5 Å². The molecule has 0 saturated carbocycles. The average Bonchev–Trinajstić information content (AvgIpc) is 3.01.